The number of methoxy groups -OCH3 is 1. The first-order valence-electron chi connectivity index (χ1n) is 7.48. The van der Waals surface area contributed by atoms with Gasteiger partial charge in [-0.25, -0.2) is 9.97 Å². The lowest BCUT2D eigenvalue weighted by Gasteiger charge is -2.01. The number of thiazole rings is 2. The quantitative estimate of drug-likeness (QED) is 0.587. The highest BCUT2D eigenvalue weighted by molar-refractivity contribution is 7.15. The van der Waals surface area contributed by atoms with Crippen LogP contribution in [0.1, 0.15) is 16.2 Å². The van der Waals surface area contributed by atoms with E-state index < -0.39 is 0 Å². The van der Waals surface area contributed by atoms with Gasteiger partial charge >= 0.3 is 0 Å². The lowest BCUT2D eigenvalue weighted by atomic mass is 10.2. The molecule has 0 unspecified atom stereocenters. The third-order valence-electron chi connectivity index (χ3n) is 3.67. The van der Waals surface area contributed by atoms with E-state index in [1.807, 2.05) is 42.8 Å². The molecule has 0 saturated heterocycles. The summed E-state index contributed by atoms with van der Waals surface area (Å²) in [5.74, 6) is 0.600. The van der Waals surface area contributed by atoms with Gasteiger partial charge in [0.05, 0.1) is 18.5 Å². The predicted molar refractivity (Wildman–Crippen MR) is 99.9 cm³/mol. The second-order valence-electron chi connectivity index (χ2n) is 5.38. The van der Waals surface area contributed by atoms with Crippen LogP contribution in [0.2, 0.25) is 0 Å². The van der Waals surface area contributed by atoms with Gasteiger partial charge in [-0.3, -0.25) is 14.5 Å². The number of anilines is 1. The van der Waals surface area contributed by atoms with Crippen molar-refractivity contribution in [2.24, 2.45) is 0 Å². The van der Waals surface area contributed by atoms with E-state index in [0.717, 1.165) is 27.7 Å². The number of carbonyl (C=O) groups excluding carboxylic acids is 1. The molecule has 4 aromatic rings. The third-order valence-corrected chi connectivity index (χ3v) is 5.38. The van der Waals surface area contributed by atoms with E-state index in [1.165, 1.54) is 22.7 Å². The maximum Gasteiger partial charge on any atom is 0.275 e. The fourth-order valence-corrected chi connectivity index (χ4v) is 3.96. The van der Waals surface area contributed by atoms with Gasteiger partial charge in [0.25, 0.3) is 5.91 Å². The van der Waals surface area contributed by atoms with Gasteiger partial charge in [0.1, 0.15) is 11.4 Å². The molecule has 0 aliphatic rings. The minimum atomic E-state index is -0.195. The number of nitrogens with zero attached hydrogens (tertiary/aromatic N) is 3. The van der Waals surface area contributed by atoms with Crippen molar-refractivity contribution in [2.75, 3.05) is 12.4 Å². The van der Waals surface area contributed by atoms with Crippen LogP contribution in [-0.2, 0) is 0 Å². The average Bonchev–Trinajstić information content (AvgIpc) is 3.30. The molecular weight excluding hydrogens is 356 g/mol. The summed E-state index contributed by atoms with van der Waals surface area (Å²) in [4.78, 5) is 22.2. The van der Waals surface area contributed by atoms with Gasteiger partial charge < -0.3 is 4.74 Å². The van der Waals surface area contributed by atoms with E-state index in [1.54, 1.807) is 16.9 Å². The van der Waals surface area contributed by atoms with Crippen molar-refractivity contribution in [2.45, 2.75) is 6.92 Å². The number of fused-ring (bicyclic) bond motifs is 1. The Labute approximate surface area is 151 Å². The Balaban J connectivity index is 1.64. The lowest BCUT2D eigenvalue weighted by molar-refractivity contribution is 0.102. The number of ether oxygens (including phenoxy) is 1. The Bertz CT molecular complexity index is 1050. The average molecular weight is 370 g/mol. The van der Waals surface area contributed by atoms with Crippen LogP contribution < -0.4 is 10.1 Å². The Kier molecular flexibility index (Phi) is 3.98. The molecule has 4 rings (SSSR count). The maximum absolute atomic E-state index is 12.5. The summed E-state index contributed by atoms with van der Waals surface area (Å²) in [5, 5.41) is 7.13. The van der Waals surface area contributed by atoms with Gasteiger partial charge in [0.15, 0.2) is 10.1 Å². The first-order valence-corrected chi connectivity index (χ1v) is 9.24. The third kappa shape index (κ3) is 3.01. The van der Waals surface area contributed by atoms with Gasteiger partial charge in [0, 0.05) is 22.5 Å². The summed E-state index contributed by atoms with van der Waals surface area (Å²) in [6, 6.07) is 7.68. The fraction of sp³-hybridized carbons (Fsp3) is 0.118. The van der Waals surface area contributed by atoms with Crippen LogP contribution in [0.3, 0.4) is 0 Å². The summed E-state index contributed by atoms with van der Waals surface area (Å²) in [5.41, 5.74) is 3.22. The van der Waals surface area contributed by atoms with Crippen LogP contribution in [0.4, 0.5) is 5.13 Å². The summed E-state index contributed by atoms with van der Waals surface area (Å²) in [6.45, 7) is 1.89. The Morgan fingerprint density at radius 1 is 1.16 bits per heavy atom. The van der Waals surface area contributed by atoms with Crippen LogP contribution in [0.25, 0.3) is 16.2 Å². The van der Waals surface area contributed by atoms with Crippen molar-refractivity contribution >= 4 is 38.7 Å². The molecule has 3 aromatic heterocycles. The zero-order valence-corrected chi connectivity index (χ0v) is 15.1. The SMILES string of the molecule is COc1ccc(-c2cn3c(C(=O)Nc4nc(C)cs4)csc3n2)cc1. The topological polar surface area (TPSA) is 68.5 Å². The summed E-state index contributed by atoms with van der Waals surface area (Å²) < 4.78 is 6.98. The van der Waals surface area contributed by atoms with Gasteiger partial charge in [-0.05, 0) is 31.2 Å². The van der Waals surface area contributed by atoms with Crippen molar-refractivity contribution in [3.8, 4) is 17.0 Å². The number of hydrogen-bond acceptors (Lipinski definition) is 6. The number of amides is 1. The Hall–Kier alpha value is -2.71. The van der Waals surface area contributed by atoms with Crippen molar-refractivity contribution in [1.82, 2.24) is 14.4 Å². The number of aryl methyl sites for hydroxylation is 1. The van der Waals surface area contributed by atoms with Crippen LogP contribution >= 0.6 is 22.7 Å². The number of carbonyl (C=O) groups is 1. The zero-order chi connectivity index (χ0) is 17.4. The Morgan fingerprint density at radius 2 is 1.96 bits per heavy atom. The number of imidazole rings is 1. The van der Waals surface area contributed by atoms with Gasteiger partial charge in [-0.1, -0.05) is 0 Å². The van der Waals surface area contributed by atoms with Gasteiger partial charge in [0.2, 0.25) is 0 Å². The van der Waals surface area contributed by atoms with E-state index in [9.17, 15) is 4.79 Å². The summed E-state index contributed by atoms with van der Waals surface area (Å²) in [7, 11) is 1.64. The molecule has 25 heavy (non-hydrogen) atoms. The highest BCUT2D eigenvalue weighted by Gasteiger charge is 2.16. The molecule has 0 atom stereocenters. The number of benzene rings is 1. The highest BCUT2D eigenvalue weighted by atomic mass is 32.1. The van der Waals surface area contributed by atoms with Crippen LogP contribution in [0.15, 0.2) is 41.2 Å². The van der Waals surface area contributed by atoms with Gasteiger partial charge in [-0.2, -0.15) is 0 Å². The van der Waals surface area contributed by atoms with Crippen molar-refractivity contribution in [1.29, 1.82) is 0 Å². The summed E-state index contributed by atoms with van der Waals surface area (Å²) >= 11 is 2.84. The van der Waals surface area contributed by atoms with Crippen molar-refractivity contribution in [3.63, 3.8) is 0 Å². The van der Waals surface area contributed by atoms with Crippen LogP contribution in [-0.4, -0.2) is 27.4 Å². The number of nitrogens with one attached hydrogen (secondary N) is 1. The molecule has 8 heteroatoms. The van der Waals surface area contributed by atoms with Crippen LogP contribution in [0.5, 0.6) is 5.75 Å². The number of hydrogen-bond donors (Lipinski definition) is 1. The maximum atomic E-state index is 12.5. The first kappa shape index (κ1) is 15.8. The zero-order valence-electron chi connectivity index (χ0n) is 13.5. The van der Waals surface area contributed by atoms with E-state index in [2.05, 4.69) is 15.3 Å². The monoisotopic (exact) mass is 370 g/mol. The normalized spacial score (nSPS) is 11.0. The summed E-state index contributed by atoms with van der Waals surface area (Å²) in [6.07, 6.45) is 1.87. The molecule has 0 spiro atoms. The molecule has 1 N–H and O–H groups in total. The minimum Gasteiger partial charge on any atom is -0.497 e. The lowest BCUT2D eigenvalue weighted by Crippen LogP contribution is -2.13. The molecule has 6 nitrogen and oxygen atoms in total. The minimum absolute atomic E-state index is 0.195. The molecule has 1 aromatic carbocycles. The number of rotatable bonds is 4. The van der Waals surface area contributed by atoms with E-state index in [0.29, 0.717) is 10.8 Å². The molecule has 0 aliphatic heterocycles. The molecule has 3 heterocycles. The van der Waals surface area contributed by atoms with Gasteiger partial charge in [-0.15, -0.1) is 22.7 Å². The smallest absolute Gasteiger partial charge is 0.275 e. The highest BCUT2D eigenvalue weighted by Crippen LogP contribution is 2.26. The van der Waals surface area contributed by atoms with E-state index in [-0.39, 0.29) is 5.91 Å². The second kappa shape index (κ2) is 6.30. The van der Waals surface area contributed by atoms with E-state index >= 15 is 0 Å². The molecule has 0 saturated carbocycles. The van der Waals surface area contributed by atoms with Crippen molar-refractivity contribution in [3.05, 3.63) is 52.6 Å². The predicted octanol–water partition coefficient (Wildman–Crippen LogP) is 4.09. The van der Waals surface area contributed by atoms with Crippen LogP contribution in [0, 0.1) is 6.92 Å². The molecule has 0 radical (unpaired) electrons. The molecule has 1 amide bonds. The largest absolute Gasteiger partial charge is 0.497 e. The molecule has 0 aliphatic carbocycles. The van der Waals surface area contributed by atoms with E-state index in [4.69, 9.17) is 4.74 Å². The fourth-order valence-electron chi connectivity index (χ4n) is 2.42. The molecule has 0 fully saturated rings. The first-order chi connectivity index (χ1) is 12.1. The number of aromatic nitrogens is 3. The molecular formula is C17H14N4O2S2. The molecule has 126 valence electrons. The Morgan fingerprint density at radius 3 is 2.64 bits per heavy atom. The van der Waals surface area contributed by atoms with Crippen molar-refractivity contribution < 1.29 is 9.53 Å². The standard InChI is InChI=1S/C17H14N4O2S2/c1-10-8-24-16(18-10)20-15(22)14-9-25-17-19-13(7-21(14)17)11-3-5-12(23-2)6-4-11/h3-9H,1-2H3,(H,18,20,22). The second-order valence-corrected chi connectivity index (χ2v) is 7.07. The molecule has 0 bridgehead atoms.